The second kappa shape index (κ2) is 8.52. The highest BCUT2D eigenvalue weighted by Gasteiger charge is 2.30. The van der Waals surface area contributed by atoms with Gasteiger partial charge in [-0.15, -0.1) is 21.5 Å². The van der Waals surface area contributed by atoms with Crippen LogP contribution in [-0.2, 0) is 10.0 Å². The molecule has 4 heterocycles. The molecule has 0 aliphatic carbocycles. The van der Waals surface area contributed by atoms with Crippen molar-refractivity contribution in [3.8, 4) is 0 Å². The van der Waals surface area contributed by atoms with Crippen LogP contribution >= 0.6 is 22.9 Å². The summed E-state index contributed by atoms with van der Waals surface area (Å²) < 4.78 is 27.7. The summed E-state index contributed by atoms with van der Waals surface area (Å²) in [5.74, 6) is 1.73. The molecule has 0 spiro atoms. The lowest BCUT2D eigenvalue weighted by Gasteiger charge is -2.34. The van der Waals surface area contributed by atoms with Gasteiger partial charge in [-0.1, -0.05) is 24.4 Å². The molecule has 2 aliphatic heterocycles. The minimum Gasteiger partial charge on any atom is -0.355 e. The Balaban J connectivity index is 1.38. The number of thiophene rings is 1. The zero-order chi connectivity index (χ0) is 19.6. The van der Waals surface area contributed by atoms with E-state index in [0.717, 1.165) is 36.1 Å². The van der Waals surface area contributed by atoms with Gasteiger partial charge in [0.2, 0.25) is 0 Å². The molecule has 4 rings (SSSR count). The highest BCUT2D eigenvalue weighted by atomic mass is 35.5. The van der Waals surface area contributed by atoms with E-state index in [0.29, 0.717) is 34.7 Å². The molecule has 0 aromatic carbocycles. The van der Waals surface area contributed by atoms with Crippen molar-refractivity contribution in [2.24, 2.45) is 0 Å². The summed E-state index contributed by atoms with van der Waals surface area (Å²) in [5.41, 5.74) is 0. The summed E-state index contributed by atoms with van der Waals surface area (Å²) in [6.07, 6.45) is 4.98. The van der Waals surface area contributed by atoms with E-state index < -0.39 is 10.0 Å². The van der Waals surface area contributed by atoms with Crippen molar-refractivity contribution in [3.05, 3.63) is 28.6 Å². The molecule has 0 atom stereocenters. The van der Waals surface area contributed by atoms with Gasteiger partial charge in [-0.05, 0) is 37.1 Å². The summed E-state index contributed by atoms with van der Waals surface area (Å²) >= 11 is 6.99. The van der Waals surface area contributed by atoms with Crippen molar-refractivity contribution in [2.45, 2.75) is 29.9 Å². The van der Waals surface area contributed by atoms with E-state index in [-0.39, 0.29) is 0 Å². The Morgan fingerprint density at radius 2 is 1.36 bits per heavy atom. The molecule has 0 amide bonds. The summed E-state index contributed by atoms with van der Waals surface area (Å²) in [4.78, 5) is 4.40. The number of nitrogens with zero attached hydrogens (tertiary/aromatic N) is 5. The second-order valence-corrected chi connectivity index (χ2v) is 11.0. The number of piperazine rings is 1. The van der Waals surface area contributed by atoms with Crippen LogP contribution in [0, 0.1) is 0 Å². The molecule has 2 fully saturated rings. The largest absolute Gasteiger partial charge is 0.355 e. The number of rotatable bonds is 4. The summed E-state index contributed by atoms with van der Waals surface area (Å²) in [6, 6.07) is 7.22. The maximum atomic E-state index is 12.7. The fraction of sp³-hybridized carbons (Fsp3) is 0.556. The van der Waals surface area contributed by atoms with Gasteiger partial charge < -0.3 is 9.80 Å². The Morgan fingerprint density at radius 1 is 0.786 bits per heavy atom. The lowest BCUT2D eigenvalue weighted by atomic mass is 10.2. The van der Waals surface area contributed by atoms with Crippen molar-refractivity contribution >= 4 is 44.6 Å². The molecule has 0 saturated carbocycles. The first kappa shape index (κ1) is 19.9. The van der Waals surface area contributed by atoms with Gasteiger partial charge in [-0.25, -0.2) is 8.42 Å². The Morgan fingerprint density at radius 3 is 1.86 bits per heavy atom. The normalized spacial score (nSPS) is 19.6. The minimum absolute atomic E-state index is 0.299. The first-order valence-corrected chi connectivity index (χ1v) is 12.3. The van der Waals surface area contributed by atoms with E-state index in [2.05, 4.69) is 20.0 Å². The smallest absolute Gasteiger partial charge is 0.252 e. The maximum absolute atomic E-state index is 12.7. The highest BCUT2D eigenvalue weighted by molar-refractivity contribution is 7.91. The van der Waals surface area contributed by atoms with Crippen molar-refractivity contribution in [1.29, 1.82) is 0 Å². The summed E-state index contributed by atoms with van der Waals surface area (Å²) in [7, 11) is -3.47. The average molecular weight is 442 g/mol. The van der Waals surface area contributed by atoms with Crippen LogP contribution in [-0.4, -0.2) is 62.2 Å². The molecule has 2 aromatic heterocycles. The van der Waals surface area contributed by atoms with Crippen LogP contribution in [0.3, 0.4) is 0 Å². The van der Waals surface area contributed by atoms with E-state index in [1.54, 1.807) is 12.1 Å². The number of aromatic nitrogens is 2. The first-order valence-electron chi connectivity index (χ1n) is 9.63. The SMILES string of the molecule is O=S(=O)(c1ccc(Cl)s1)N1CCN(c2ccc(N3CCCCCC3)nn2)CC1. The van der Waals surface area contributed by atoms with Gasteiger partial charge in [-0.2, -0.15) is 4.31 Å². The topological polar surface area (TPSA) is 69.6 Å². The van der Waals surface area contributed by atoms with Crippen molar-refractivity contribution < 1.29 is 8.42 Å². The lowest BCUT2D eigenvalue weighted by Crippen LogP contribution is -2.48. The predicted octanol–water partition coefficient (Wildman–Crippen LogP) is 3.08. The Bertz CT molecular complexity index is 887. The zero-order valence-electron chi connectivity index (χ0n) is 15.6. The second-order valence-electron chi connectivity index (χ2n) is 7.10. The number of hydrogen-bond acceptors (Lipinski definition) is 7. The van der Waals surface area contributed by atoms with Crippen LogP contribution in [0.2, 0.25) is 4.34 Å². The lowest BCUT2D eigenvalue weighted by molar-refractivity contribution is 0.384. The Hall–Kier alpha value is -1.42. The summed E-state index contributed by atoms with van der Waals surface area (Å²) in [6.45, 7) is 4.11. The Kier molecular flexibility index (Phi) is 6.05. The number of sulfonamides is 1. The molecule has 0 bridgehead atoms. The third-order valence-electron chi connectivity index (χ3n) is 5.27. The van der Waals surface area contributed by atoms with Gasteiger partial charge in [0.15, 0.2) is 11.6 Å². The number of halogens is 1. The zero-order valence-corrected chi connectivity index (χ0v) is 18.0. The molecule has 152 valence electrons. The first-order chi connectivity index (χ1) is 13.5. The number of hydrogen-bond donors (Lipinski definition) is 0. The maximum Gasteiger partial charge on any atom is 0.252 e. The molecule has 2 aromatic rings. The van der Waals surface area contributed by atoms with Crippen molar-refractivity contribution in [2.75, 3.05) is 49.1 Å². The van der Waals surface area contributed by atoms with E-state index >= 15 is 0 Å². The van der Waals surface area contributed by atoms with Gasteiger partial charge in [0.05, 0.1) is 4.34 Å². The van der Waals surface area contributed by atoms with Crippen LogP contribution in [0.4, 0.5) is 11.6 Å². The molecule has 0 N–H and O–H groups in total. The van der Waals surface area contributed by atoms with Crippen molar-refractivity contribution in [3.63, 3.8) is 0 Å². The molecule has 2 aliphatic rings. The molecule has 0 unspecified atom stereocenters. The average Bonchev–Trinajstić information content (AvgIpc) is 2.99. The van der Waals surface area contributed by atoms with Gasteiger partial charge in [0.1, 0.15) is 4.21 Å². The Labute approximate surface area is 175 Å². The minimum atomic E-state index is -3.47. The molecular formula is C18H24ClN5O2S2. The molecular weight excluding hydrogens is 418 g/mol. The molecule has 28 heavy (non-hydrogen) atoms. The van der Waals surface area contributed by atoms with Gasteiger partial charge in [0, 0.05) is 39.3 Å². The third-order valence-corrected chi connectivity index (χ3v) is 8.87. The highest BCUT2D eigenvalue weighted by Crippen LogP contribution is 2.29. The fourth-order valence-electron chi connectivity index (χ4n) is 3.68. The van der Waals surface area contributed by atoms with Gasteiger partial charge in [0.25, 0.3) is 10.0 Å². The van der Waals surface area contributed by atoms with E-state index in [1.165, 1.54) is 30.0 Å². The van der Waals surface area contributed by atoms with E-state index in [4.69, 9.17) is 11.6 Å². The van der Waals surface area contributed by atoms with Crippen LogP contribution in [0.15, 0.2) is 28.5 Å². The van der Waals surface area contributed by atoms with Crippen LogP contribution < -0.4 is 9.80 Å². The van der Waals surface area contributed by atoms with E-state index in [9.17, 15) is 8.42 Å². The monoisotopic (exact) mass is 441 g/mol. The third kappa shape index (κ3) is 4.27. The van der Waals surface area contributed by atoms with Gasteiger partial charge in [-0.3, -0.25) is 0 Å². The van der Waals surface area contributed by atoms with E-state index in [1.807, 2.05) is 12.1 Å². The fourth-order valence-corrected chi connectivity index (χ4v) is 6.74. The molecule has 0 radical (unpaired) electrons. The quantitative estimate of drug-likeness (QED) is 0.726. The molecule has 10 heteroatoms. The standard InChI is InChI=1S/C18H24ClN5O2S2/c19-15-5-8-18(27-15)28(25,26)24-13-11-23(12-14-24)17-7-6-16(20-21-17)22-9-3-1-2-4-10-22/h5-8H,1-4,9-14H2. The van der Waals surface area contributed by atoms with Crippen LogP contribution in [0.5, 0.6) is 0 Å². The van der Waals surface area contributed by atoms with Crippen molar-refractivity contribution in [1.82, 2.24) is 14.5 Å². The van der Waals surface area contributed by atoms with Crippen LogP contribution in [0.25, 0.3) is 0 Å². The van der Waals surface area contributed by atoms with Gasteiger partial charge >= 0.3 is 0 Å². The van der Waals surface area contributed by atoms with Crippen LogP contribution in [0.1, 0.15) is 25.7 Å². The predicted molar refractivity (Wildman–Crippen MR) is 113 cm³/mol. The molecule has 7 nitrogen and oxygen atoms in total. The molecule has 2 saturated heterocycles. The summed E-state index contributed by atoms with van der Waals surface area (Å²) in [5, 5.41) is 8.83. The number of anilines is 2.